The Morgan fingerprint density at radius 1 is 1.22 bits per heavy atom. The predicted octanol–water partition coefficient (Wildman–Crippen LogP) is 4.70. The summed E-state index contributed by atoms with van der Waals surface area (Å²) in [5, 5.41) is 6.05. The fraction of sp³-hybridized carbons (Fsp3) is 0.450. The van der Waals surface area contributed by atoms with Crippen molar-refractivity contribution in [2.75, 3.05) is 11.5 Å². The third-order valence-corrected chi connectivity index (χ3v) is 6.23. The lowest BCUT2D eigenvalue weighted by Gasteiger charge is -2.29. The zero-order chi connectivity index (χ0) is 18.8. The van der Waals surface area contributed by atoms with Gasteiger partial charge in [-0.2, -0.15) is 0 Å². The van der Waals surface area contributed by atoms with E-state index in [4.69, 9.17) is 4.74 Å². The molecule has 2 atom stereocenters. The summed E-state index contributed by atoms with van der Waals surface area (Å²) >= 11 is 1.36. The molecule has 27 heavy (non-hydrogen) atoms. The van der Waals surface area contributed by atoms with E-state index in [1.165, 1.54) is 29.1 Å². The molecule has 0 saturated carbocycles. The third-order valence-electron chi connectivity index (χ3n) is 5.34. The molecule has 2 saturated heterocycles. The molecule has 0 radical (unpaired) electrons. The molecule has 0 spiro atoms. The van der Waals surface area contributed by atoms with Gasteiger partial charge >= 0.3 is 6.09 Å². The van der Waals surface area contributed by atoms with Crippen LogP contribution in [0.3, 0.4) is 0 Å². The lowest BCUT2D eigenvalue weighted by molar-refractivity contribution is 0.116. The van der Waals surface area contributed by atoms with Gasteiger partial charge in [0.15, 0.2) is 0 Å². The van der Waals surface area contributed by atoms with Crippen molar-refractivity contribution < 1.29 is 18.3 Å². The van der Waals surface area contributed by atoms with Crippen LogP contribution >= 0.6 is 11.3 Å². The Balaban J connectivity index is 1.44. The zero-order valence-electron chi connectivity index (χ0n) is 14.9. The minimum Gasteiger partial charge on any atom is -0.449 e. The second kappa shape index (κ2) is 7.94. The number of nitrogens with zero attached hydrogens (tertiary/aromatic N) is 1. The van der Waals surface area contributed by atoms with Crippen LogP contribution in [0.25, 0.3) is 0 Å². The van der Waals surface area contributed by atoms with E-state index in [0.29, 0.717) is 29.6 Å². The van der Waals surface area contributed by atoms with E-state index >= 15 is 0 Å². The fourth-order valence-corrected chi connectivity index (χ4v) is 4.79. The second-order valence-corrected chi connectivity index (χ2v) is 8.25. The van der Waals surface area contributed by atoms with Crippen molar-refractivity contribution >= 4 is 22.4 Å². The molecular weight excluding hydrogens is 370 g/mol. The maximum atomic E-state index is 14.1. The van der Waals surface area contributed by atoms with Gasteiger partial charge in [0.1, 0.15) is 16.6 Å². The summed E-state index contributed by atoms with van der Waals surface area (Å²) in [6.45, 7) is 0.293. The van der Waals surface area contributed by atoms with Crippen LogP contribution in [0.2, 0.25) is 0 Å². The standard InChI is InChI=1S/C20H22F2N2O2S/c21-15-3-6-18(22)14(10-15)11-24(19-2-1-7-27-19)20(25)26-12-13-8-16-4-5-17(9-13)23-16/h1-3,6-7,10,13,16-17,23H,4-5,8-9,11-12H2. The molecule has 1 amide bonds. The molecule has 1 aromatic heterocycles. The van der Waals surface area contributed by atoms with Crippen LogP contribution in [0, 0.1) is 17.6 Å². The Labute approximate surface area is 161 Å². The van der Waals surface area contributed by atoms with E-state index in [9.17, 15) is 13.6 Å². The highest BCUT2D eigenvalue weighted by atomic mass is 32.1. The number of anilines is 1. The molecule has 7 heteroatoms. The molecule has 4 rings (SSSR count). The number of carbonyl (C=O) groups is 1. The molecule has 3 heterocycles. The highest BCUT2D eigenvalue weighted by Gasteiger charge is 2.34. The first-order valence-corrected chi connectivity index (χ1v) is 10.1. The summed E-state index contributed by atoms with van der Waals surface area (Å²) < 4.78 is 33.1. The number of piperidine rings is 1. The van der Waals surface area contributed by atoms with Crippen LogP contribution in [0.1, 0.15) is 31.2 Å². The Morgan fingerprint density at radius 2 is 2.00 bits per heavy atom. The predicted molar refractivity (Wildman–Crippen MR) is 101 cm³/mol. The molecule has 2 aliphatic heterocycles. The summed E-state index contributed by atoms with van der Waals surface area (Å²) in [6, 6.07) is 7.91. The van der Waals surface area contributed by atoms with Crippen LogP contribution in [0.15, 0.2) is 35.7 Å². The van der Waals surface area contributed by atoms with Gasteiger partial charge in [-0.05, 0) is 67.3 Å². The molecule has 0 aliphatic carbocycles. The minimum absolute atomic E-state index is 0.0690. The van der Waals surface area contributed by atoms with Gasteiger partial charge < -0.3 is 10.1 Å². The summed E-state index contributed by atoms with van der Waals surface area (Å²) in [5.74, 6) is -0.722. The van der Waals surface area contributed by atoms with Gasteiger partial charge in [-0.3, -0.25) is 4.90 Å². The number of halogens is 2. The Hall–Kier alpha value is -1.99. The van der Waals surface area contributed by atoms with Gasteiger partial charge in [0.2, 0.25) is 0 Å². The van der Waals surface area contributed by atoms with Crippen LogP contribution in [0.4, 0.5) is 18.6 Å². The lowest BCUT2D eigenvalue weighted by atomic mass is 9.93. The SMILES string of the molecule is O=C(OCC1CC2CCC(C1)N2)N(Cc1cc(F)ccc1F)c1cccs1. The van der Waals surface area contributed by atoms with Crippen LogP contribution in [-0.4, -0.2) is 24.8 Å². The number of hydrogen-bond acceptors (Lipinski definition) is 4. The second-order valence-electron chi connectivity index (χ2n) is 7.33. The maximum Gasteiger partial charge on any atom is 0.415 e. The van der Waals surface area contributed by atoms with Gasteiger partial charge in [-0.1, -0.05) is 0 Å². The molecule has 2 aliphatic rings. The molecule has 2 fully saturated rings. The van der Waals surface area contributed by atoms with Crippen molar-refractivity contribution in [1.82, 2.24) is 5.32 Å². The Kier molecular flexibility index (Phi) is 5.41. The minimum atomic E-state index is -0.541. The van der Waals surface area contributed by atoms with E-state index in [2.05, 4.69) is 5.32 Å². The molecule has 1 aromatic carbocycles. The highest BCUT2D eigenvalue weighted by Crippen LogP contribution is 2.31. The average Bonchev–Trinajstić information content (AvgIpc) is 3.30. The fourth-order valence-electron chi connectivity index (χ4n) is 4.07. The molecule has 2 unspecified atom stereocenters. The number of amides is 1. The van der Waals surface area contributed by atoms with Crippen molar-refractivity contribution in [2.45, 2.75) is 44.3 Å². The largest absolute Gasteiger partial charge is 0.449 e. The molecule has 1 N–H and O–H groups in total. The topological polar surface area (TPSA) is 41.6 Å². The molecule has 144 valence electrons. The smallest absolute Gasteiger partial charge is 0.415 e. The highest BCUT2D eigenvalue weighted by molar-refractivity contribution is 7.14. The van der Waals surface area contributed by atoms with Crippen molar-refractivity contribution in [3.63, 3.8) is 0 Å². The summed E-state index contributed by atoms with van der Waals surface area (Å²) in [7, 11) is 0. The number of carbonyl (C=O) groups excluding carboxylic acids is 1. The molecule has 2 bridgehead atoms. The average molecular weight is 392 g/mol. The first kappa shape index (κ1) is 18.4. The lowest BCUT2D eigenvalue weighted by Crippen LogP contribution is -2.40. The van der Waals surface area contributed by atoms with Crippen LogP contribution in [0.5, 0.6) is 0 Å². The van der Waals surface area contributed by atoms with Crippen molar-refractivity contribution in [3.8, 4) is 0 Å². The third kappa shape index (κ3) is 4.30. The van der Waals surface area contributed by atoms with E-state index < -0.39 is 17.7 Å². The van der Waals surface area contributed by atoms with E-state index in [1.54, 1.807) is 6.07 Å². The number of benzene rings is 1. The number of fused-ring (bicyclic) bond motifs is 2. The van der Waals surface area contributed by atoms with E-state index in [-0.39, 0.29) is 12.1 Å². The maximum absolute atomic E-state index is 14.1. The van der Waals surface area contributed by atoms with Gasteiger partial charge in [0.05, 0.1) is 13.2 Å². The van der Waals surface area contributed by atoms with E-state index in [0.717, 1.165) is 31.0 Å². The number of thiophene rings is 1. The first-order chi connectivity index (χ1) is 13.1. The first-order valence-electron chi connectivity index (χ1n) is 9.26. The van der Waals surface area contributed by atoms with Gasteiger partial charge in [0, 0.05) is 17.6 Å². The summed E-state index contributed by atoms with van der Waals surface area (Å²) in [6.07, 6.45) is 3.89. The summed E-state index contributed by atoms with van der Waals surface area (Å²) in [4.78, 5) is 14.1. The van der Waals surface area contributed by atoms with Crippen molar-refractivity contribution in [3.05, 3.63) is 52.9 Å². The Bertz CT molecular complexity index is 787. The molecular formula is C20H22F2N2O2S. The Morgan fingerprint density at radius 3 is 2.70 bits per heavy atom. The quantitative estimate of drug-likeness (QED) is 0.802. The van der Waals surface area contributed by atoms with Gasteiger partial charge in [0.25, 0.3) is 0 Å². The summed E-state index contributed by atoms with van der Waals surface area (Å²) in [5.41, 5.74) is 0.125. The van der Waals surface area contributed by atoms with Crippen LogP contribution in [-0.2, 0) is 11.3 Å². The van der Waals surface area contributed by atoms with Gasteiger partial charge in [-0.25, -0.2) is 13.6 Å². The normalized spacial score (nSPS) is 24.0. The number of nitrogens with one attached hydrogen (secondary N) is 1. The molecule has 4 nitrogen and oxygen atoms in total. The van der Waals surface area contributed by atoms with Crippen LogP contribution < -0.4 is 10.2 Å². The van der Waals surface area contributed by atoms with E-state index in [1.807, 2.05) is 11.4 Å². The van der Waals surface area contributed by atoms with Crippen molar-refractivity contribution in [1.29, 1.82) is 0 Å². The monoisotopic (exact) mass is 392 g/mol. The number of hydrogen-bond donors (Lipinski definition) is 1. The van der Waals surface area contributed by atoms with Crippen molar-refractivity contribution in [2.24, 2.45) is 5.92 Å². The zero-order valence-corrected chi connectivity index (χ0v) is 15.7. The molecule has 2 aromatic rings. The number of ether oxygens (including phenoxy) is 1. The number of rotatable bonds is 5. The van der Waals surface area contributed by atoms with Gasteiger partial charge in [-0.15, -0.1) is 11.3 Å².